The van der Waals surface area contributed by atoms with Crippen LogP contribution in [-0.4, -0.2) is 29.0 Å². The Kier molecular flexibility index (Phi) is 4.83. The molecule has 1 amide bonds. The number of fused-ring (bicyclic) bond motifs is 3. The largest absolute Gasteiger partial charge is 0.450 e. The Morgan fingerprint density at radius 2 is 1.80 bits per heavy atom. The fourth-order valence-electron chi connectivity index (χ4n) is 4.06. The number of piperidine rings is 1. The fraction of sp³-hybridized carbons (Fsp3) is 0.292. The van der Waals surface area contributed by atoms with E-state index in [1.54, 1.807) is 0 Å². The molecule has 1 N–H and O–H groups in total. The van der Waals surface area contributed by atoms with Crippen molar-refractivity contribution in [1.29, 1.82) is 0 Å². The van der Waals surface area contributed by atoms with Crippen LogP contribution in [-0.2, 0) is 6.54 Å². The van der Waals surface area contributed by atoms with Crippen molar-refractivity contribution in [2.45, 2.75) is 32.7 Å². The molecule has 30 heavy (non-hydrogen) atoms. The van der Waals surface area contributed by atoms with Crippen molar-refractivity contribution in [2.75, 3.05) is 18.0 Å². The van der Waals surface area contributed by atoms with Crippen LogP contribution in [0.2, 0.25) is 0 Å². The van der Waals surface area contributed by atoms with Crippen molar-refractivity contribution >= 4 is 33.8 Å². The molecule has 0 unspecified atom stereocenters. The van der Waals surface area contributed by atoms with Gasteiger partial charge in [-0.3, -0.25) is 4.79 Å². The minimum atomic E-state index is -0.274. The zero-order valence-electron chi connectivity index (χ0n) is 17.0. The molecule has 3 heterocycles. The molecule has 0 bridgehead atoms. The summed E-state index contributed by atoms with van der Waals surface area (Å²) in [5.41, 5.74) is 4.34. The number of hydrogen-bond acceptors (Lipinski definition) is 5. The molecule has 6 heteroatoms. The summed E-state index contributed by atoms with van der Waals surface area (Å²) in [6, 6.07) is 15.8. The molecule has 1 saturated heterocycles. The number of anilines is 1. The molecule has 0 spiro atoms. The van der Waals surface area contributed by atoms with Gasteiger partial charge in [-0.05, 0) is 49.4 Å². The number of aryl methyl sites for hydroxylation is 1. The number of nitrogens with one attached hydrogen (secondary N) is 1. The van der Waals surface area contributed by atoms with Crippen molar-refractivity contribution in [3.05, 3.63) is 65.5 Å². The molecule has 2 aromatic carbocycles. The Balaban J connectivity index is 1.55. The van der Waals surface area contributed by atoms with Gasteiger partial charge in [-0.2, -0.15) is 0 Å². The molecule has 0 radical (unpaired) electrons. The Morgan fingerprint density at radius 1 is 1.03 bits per heavy atom. The molecule has 2 aromatic heterocycles. The molecule has 0 saturated carbocycles. The average Bonchev–Trinajstić information content (AvgIpc) is 3.17. The first-order chi connectivity index (χ1) is 14.7. The summed E-state index contributed by atoms with van der Waals surface area (Å²) in [7, 11) is 0. The highest BCUT2D eigenvalue weighted by molar-refractivity contribution is 6.07. The third-order valence-corrected chi connectivity index (χ3v) is 5.76. The number of nitrogens with zero attached hydrogens (tertiary/aromatic N) is 3. The van der Waals surface area contributed by atoms with Gasteiger partial charge >= 0.3 is 0 Å². The molecule has 6 nitrogen and oxygen atoms in total. The third kappa shape index (κ3) is 3.38. The van der Waals surface area contributed by atoms with Gasteiger partial charge in [0.2, 0.25) is 5.82 Å². The maximum atomic E-state index is 13.0. The van der Waals surface area contributed by atoms with E-state index in [0.29, 0.717) is 17.6 Å². The van der Waals surface area contributed by atoms with E-state index in [-0.39, 0.29) is 11.7 Å². The summed E-state index contributed by atoms with van der Waals surface area (Å²) in [5.74, 6) is 0.629. The third-order valence-electron chi connectivity index (χ3n) is 5.76. The van der Waals surface area contributed by atoms with Gasteiger partial charge < -0.3 is 14.6 Å². The first-order valence-electron chi connectivity index (χ1n) is 10.5. The predicted octanol–water partition coefficient (Wildman–Crippen LogP) is 4.60. The van der Waals surface area contributed by atoms with Crippen LogP contribution in [0.1, 0.15) is 41.0 Å². The maximum Gasteiger partial charge on any atom is 0.289 e. The molecule has 0 aliphatic carbocycles. The van der Waals surface area contributed by atoms with Crippen molar-refractivity contribution in [1.82, 2.24) is 15.3 Å². The number of benzene rings is 2. The van der Waals surface area contributed by atoms with E-state index in [9.17, 15) is 4.79 Å². The Labute approximate surface area is 174 Å². The van der Waals surface area contributed by atoms with E-state index < -0.39 is 0 Å². The van der Waals surface area contributed by atoms with Crippen LogP contribution in [0.3, 0.4) is 0 Å². The van der Waals surface area contributed by atoms with Crippen molar-refractivity contribution in [3.63, 3.8) is 0 Å². The Morgan fingerprint density at radius 3 is 2.63 bits per heavy atom. The van der Waals surface area contributed by atoms with Crippen molar-refractivity contribution in [3.8, 4) is 0 Å². The fourth-order valence-corrected chi connectivity index (χ4v) is 4.06. The first-order valence-corrected chi connectivity index (χ1v) is 10.5. The minimum Gasteiger partial charge on any atom is -0.450 e. The highest BCUT2D eigenvalue weighted by Crippen LogP contribution is 2.33. The number of hydrogen-bond donors (Lipinski definition) is 1. The molecular formula is C24H24N4O2. The SMILES string of the molecule is Cc1ccccc1CNC(=O)c1nc(N2CCCCC2)c2oc3ccccc3c2n1. The van der Waals surface area contributed by atoms with Crippen LogP contribution in [0.25, 0.3) is 22.1 Å². The minimum absolute atomic E-state index is 0.184. The topological polar surface area (TPSA) is 71.3 Å². The number of furan rings is 1. The maximum absolute atomic E-state index is 13.0. The van der Waals surface area contributed by atoms with Crippen LogP contribution in [0.15, 0.2) is 52.9 Å². The van der Waals surface area contributed by atoms with E-state index in [0.717, 1.165) is 53.8 Å². The predicted molar refractivity (Wildman–Crippen MR) is 118 cm³/mol. The molecule has 5 rings (SSSR count). The van der Waals surface area contributed by atoms with Crippen LogP contribution >= 0.6 is 0 Å². The molecule has 0 atom stereocenters. The summed E-state index contributed by atoms with van der Waals surface area (Å²) < 4.78 is 6.12. The summed E-state index contributed by atoms with van der Waals surface area (Å²) in [6.45, 7) is 4.30. The number of rotatable bonds is 4. The van der Waals surface area contributed by atoms with Gasteiger partial charge in [0.1, 0.15) is 11.1 Å². The van der Waals surface area contributed by atoms with Crippen molar-refractivity contribution in [2.24, 2.45) is 0 Å². The number of para-hydroxylation sites is 1. The van der Waals surface area contributed by atoms with E-state index in [4.69, 9.17) is 4.42 Å². The molecule has 4 aromatic rings. The molecule has 1 aliphatic rings. The number of amides is 1. The number of aromatic nitrogens is 2. The van der Waals surface area contributed by atoms with E-state index >= 15 is 0 Å². The lowest BCUT2D eigenvalue weighted by atomic mass is 10.1. The second-order valence-corrected chi connectivity index (χ2v) is 7.80. The van der Waals surface area contributed by atoms with E-state index in [1.165, 1.54) is 6.42 Å². The van der Waals surface area contributed by atoms with Gasteiger partial charge in [0.25, 0.3) is 5.91 Å². The highest BCUT2D eigenvalue weighted by atomic mass is 16.3. The molecule has 152 valence electrons. The van der Waals surface area contributed by atoms with Crippen LogP contribution in [0.5, 0.6) is 0 Å². The first kappa shape index (κ1) is 18.6. The summed E-state index contributed by atoms with van der Waals surface area (Å²) >= 11 is 0. The standard InChI is InChI=1S/C24H24N4O2/c1-16-9-3-4-10-17(16)15-25-24(29)22-26-20-18-11-5-6-12-19(18)30-21(20)23(27-22)28-13-7-2-8-14-28/h3-6,9-12H,2,7-8,13-15H2,1H3,(H,25,29). The smallest absolute Gasteiger partial charge is 0.289 e. The summed E-state index contributed by atoms with van der Waals surface area (Å²) in [4.78, 5) is 24.5. The van der Waals surface area contributed by atoms with Gasteiger partial charge in [-0.15, -0.1) is 0 Å². The Bertz CT molecular complexity index is 1220. The zero-order valence-corrected chi connectivity index (χ0v) is 17.0. The van der Waals surface area contributed by atoms with E-state index in [1.807, 2.05) is 55.5 Å². The normalized spacial score (nSPS) is 14.4. The van der Waals surface area contributed by atoms with Gasteiger partial charge in [0.15, 0.2) is 11.4 Å². The van der Waals surface area contributed by atoms with Crippen LogP contribution in [0, 0.1) is 6.92 Å². The quantitative estimate of drug-likeness (QED) is 0.542. The Hall–Kier alpha value is -3.41. The molecular weight excluding hydrogens is 376 g/mol. The van der Waals surface area contributed by atoms with Gasteiger partial charge in [-0.25, -0.2) is 9.97 Å². The van der Waals surface area contributed by atoms with Gasteiger partial charge in [-0.1, -0.05) is 36.4 Å². The second kappa shape index (κ2) is 7.78. The summed E-state index contributed by atoms with van der Waals surface area (Å²) in [6.07, 6.45) is 3.44. The lowest BCUT2D eigenvalue weighted by Crippen LogP contribution is -2.32. The van der Waals surface area contributed by atoms with Crippen LogP contribution in [0.4, 0.5) is 5.82 Å². The average molecular weight is 400 g/mol. The zero-order chi connectivity index (χ0) is 20.5. The lowest BCUT2D eigenvalue weighted by molar-refractivity contribution is 0.0941. The summed E-state index contributed by atoms with van der Waals surface area (Å²) in [5, 5.41) is 3.88. The molecule has 1 fully saturated rings. The molecule has 1 aliphatic heterocycles. The van der Waals surface area contributed by atoms with Gasteiger partial charge in [0.05, 0.1) is 0 Å². The second-order valence-electron chi connectivity index (χ2n) is 7.80. The lowest BCUT2D eigenvalue weighted by Gasteiger charge is -2.27. The van der Waals surface area contributed by atoms with Crippen molar-refractivity contribution < 1.29 is 9.21 Å². The van der Waals surface area contributed by atoms with Gasteiger partial charge in [0, 0.05) is 25.0 Å². The monoisotopic (exact) mass is 400 g/mol. The number of carbonyl (C=O) groups excluding carboxylic acids is 1. The van der Waals surface area contributed by atoms with E-state index in [2.05, 4.69) is 20.2 Å². The highest BCUT2D eigenvalue weighted by Gasteiger charge is 2.23. The number of carbonyl (C=O) groups is 1. The van der Waals surface area contributed by atoms with Crippen LogP contribution < -0.4 is 10.2 Å².